The molecule has 0 amide bonds. The van der Waals surface area contributed by atoms with E-state index in [-0.39, 0.29) is 5.54 Å². The highest BCUT2D eigenvalue weighted by molar-refractivity contribution is 4.83. The smallest absolute Gasteiger partial charge is 0.165 e. The molecule has 0 atom stereocenters. The van der Waals surface area contributed by atoms with E-state index in [9.17, 15) is 0 Å². The maximum Gasteiger partial charge on any atom is 0.165 e. The van der Waals surface area contributed by atoms with Gasteiger partial charge in [-0.15, -0.1) is 5.10 Å². The number of ether oxygens (including phenoxy) is 1. The number of tetrazole rings is 1. The van der Waals surface area contributed by atoms with Crippen molar-refractivity contribution in [1.29, 1.82) is 0 Å². The number of hydrogen-bond acceptors (Lipinski definition) is 5. The van der Waals surface area contributed by atoms with Crippen LogP contribution in [0, 0.1) is 5.92 Å². The molecular formula is C12H25N5O. The van der Waals surface area contributed by atoms with Gasteiger partial charge in [0.15, 0.2) is 5.82 Å². The molecule has 0 radical (unpaired) electrons. The largest absolute Gasteiger partial charge is 0.379 e. The minimum absolute atomic E-state index is 0.0604. The average Bonchev–Trinajstić information content (AvgIpc) is 2.68. The van der Waals surface area contributed by atoms with Crippen LogP contribution in [0.25, 0.3) is 0 Å². The minimum atomic E-state index is 0.0604. The summed E-state index contributed by atoms with van der Waals surface area (Å²) in [7, 11) is 0. The van der Waals surface area contributed by atoms with E-state index < -0.39 is 0 Å². The molecule has 1 N–H and O–H groups in total. The molecule has 1 heterocycles. The SMILES string of the molecule is CC(C)COCCn1nnnc1CNC(C)(C)C. The maximum atomic E-state index is 5.53. The molecule has 0 spiro atoms. The van der Waals surface area contributed by atoms with Crippen LogP contribution in [0.15, 0.2) is 0 Å². The predicted octanol–water partition coefficient (Wildman–Crippen LogP) is 1.23. The number of nitrogens with one attached hydrogen (secondary N) is 1. The van der Waals surface area contributed by atoms with Gasteiger partial charge >= 0.3 is 0 Å². The number of aromatic nitrogens is 4. The van der Waals surface area contributed by atoms with Crippen LogP contribution in [0.3, 0.4) is 0 Å². The van der Waals surface area contributed by atoms with Gasteiger partial charge in [-0.25, -0.2) is 4.68 Å². The molecule has 0 saturated carbocycles. The lowest BCUT2D eigenvalue weighted by Gasteiger charge is -2.19. The quantitative estimate of drug-likeness (QED) is 0.742. The molecule has 0 fully saturated rings. The lowest BCUT2D eigenvalue weighted by molar-refractivity contribution is 0.0998. The van der Waals surface area contributed by atoms with Crippen molar-refractivity contribution >= 4 is 0 Å². The highest BCUT2D eigenvalue weighted by Crippen LogP contribution is 2.01. The number of rotatable bonds is 7. The fourth-order valence-electron chi connectivity index (χ4n) is 1.34. The normalized spacial score (nSPS) is 12.3. The van der Waals surface area contributed by atoms with Crippen LogP contribution in [-0.2, 0) is 17.8 Å². The highest BCUT2D eigenvalue weighted by atomic mass is 16.5. The Morgan fingerprint density at radius 2 is 2.06 bits per heavy atom. The molecule has 6 heteroatoms. The van der Waals surface area contributed by atoms with Crippen LogP contribution < -0.4 is 5.32 Å². The van der Waals surface area contributed by atoms with E-state index in [0.29, 0.717) is 25.6 Å². The van der Waals surface area contributed by atoms with E-state index >= 15 is 0 Å². The summed E-state index contributed by atoms with van der Waals surface area (Å²) < 4.78 is 7.32. The van der Waals surface area contributed by atoms with Crippen molar-refractivity contribution < 1.29 is 4.74 Å². The Bertz CT molecular complexity index is 342. The summed E-state index contributed by atoms with van der Waals surface area (Å²) in [6, 6.07) is 0. The molecule has 0 aliphatic carbocycles. The van der Waals surface area contributed by atoms with Gasteiger partial charge < -0.3 is 10.1 Å². The second-order valence-corrected chi connectivity index (χ2v) is 5.89. The van der Waals surface area contributed by atoms with Crippen LogP contribution in [-0.4, -0.2) is 39.0 Å². The Kier molecular flexibility index (Phi) is 5.68. The summed E-state index contributed by atoms with van der Waals surface area (Å²) >= 11 is 0. The van der Waals surface area contributed by atoms with Crippen molar-refractivity contribution in [2.75, 3.05) is 13.2 Å². The third kappa shape index (κ3) is 6.07. The summed E-state index contributed by atoms with van der Waals surface area (Å²) in [6.07, 6.45) is 0. The topological polar surface area (TPSA) is 64.9 Å². The lowest BCUT2D eigenvalue weighted by atomic mass is 10.1. The van der Waals surface area contributed by atoms with Crippen molar-refractivity contribution in [1.82, 2.24) is 25.5 Å². The van der Waals surface area contributed by atoms with Gasteiger partial charge in [0.2, 0.25) is 0 Å². The van der Waals surface area contributed by atoms with E-state index in [1.54, 1.807) is 4.68 Å². The zero-order chi connectivity index (χ0) is 13.6. The van der Waals surface area contributed by atoms with Gasteiger partial charge in [-0.1, -0.05) is 13.8 Å². The predicted molar refractivity (Wildman–Crippen MR) is 70.1 cm³/mol. The van der Waals surface area contributed by atoms with Gasteiger partial charge in [-0.05, 0) is 37.1 Å². The summed E-state index contributed by atoms with van der Waals surface area (Å²) in [5, 5.41) is 15.1. The highest BCUT2D eigenvalue weighted by Gasteiger charge is 2.12. The fourth-order valence-corrected chi connectivity index (χ4v) is 1.34. The van der Waals surface area contributed by atoms with Crippen molar-refractivity contribution in [3.05, 3.63) is 5.82 Å². The van der Waals surface area contributed by atoms with Gasteiger partial charge in [0.1, 0.15) is 0 Å². The Balaban J connectivity index is 2.35. The first-order valence-corrected chi connectivity index (χ1v) is 6.46. The summed E-state index contributed by atoms with van der Waals surface area (Å²) in [4.78, 5) is 0. The second kappa shape index (κ2) is 6.80. The van der Waals surface area contributed by atoms with Crippen LogP contribution in [0.1, 0.15) is 40.4 Å². The fraction of sp³-hybridized carbons (Fsp3) is 0.917. The van der Waals surface area contributed by atoms with Crippen molar-refractivity contribution in [2.45, 2.75) is 53.2 Å². The lowest BCUT2D eigenvalue weighted by Crippen LogP contribution is -2.36. The molecule has 0 aromatic carbocycles. The Morgan fingerprint density at radius 1 is 1.33 bits per heavy atom. The maximum absolute atomic E-state index is 5.53. The van der Waals surface area contributed by atoms with E-state index in [1.165, 1.54) is 0 Å². The first-order valence-electron chi connectivity index (χ1n) is 6.46. The van der Waals surface area contributed by atoms with Crippen LogP contribution in [0.2, 0.25) is 0 Å². The molecule has 1 aromatic heterocycles. The number of nitrogens with zero attached hydrogens (tertiary/aromatic N) is 4. The third-order valence-corrected chi connectivity index (χ3v) is 2.28. The zero-order valence-corrected chi connectivity index (χ0v) is 12.1. The molecular weight excluding hydrogens is 230 g/mol. The van der Waals surface area contributed by atoms with Gasteiger partial charge in [0.05, 0.1) is 19.7 Å². The molecule has 1 aromatic rings. The van der Waals surface area contributed by atoms with E-state index in [1.807, 2.05) is 0 Å². The van der Waals surface area contributed by atoms with Crippen molar-refractivity contribution in [3.63, 3.8) is 0 Å². The molecule has 0 aliphatic heterocycles. The van der Waals surface area contributed by atoms with E-state index in [0.717, 1.165) is 12.4 Å². The zero-order valence-electron chi connectivity index (χ0n) is 12.1. The van der Waals surface area contributed by atoms with Crippen molar-refractivity contribution in [3.8, 4) is 0 Å². The average molecular weight is 255 g/mol. The second-order valence-electron chi connectivity index (χ2n) is 5.89. The molecule has 6 nitrogen and oxygen atoms in total. The Morgan fingerprint density at radius 3 is 2.67 bits per heavy atom. The summed E-state index contributed by atoms with van der Waals surface area (Å²) in [5.74, 6) is 1.40. The molecule has 0 saturated heterocycles. The summed E-state index contributed by atoms with van der Waals surface area (Å²) in [5.41, 5.74) is 0.0604. The molecule has 0 aliphatic rings. The van der Waals surface area contributed by atoms with E-state index in [2.05, 4.69) is 55.5 Å². The van der Waals surface area contributed by atoms with Crippen LogP contribution >= 0.6 is 0 Å². The molecule has 18 heavy (non-hydrogen) atoms. The molecule has 0 bridgehead atoms. The van der Waals surface area contributed by atoms with Gasteiger partial charge in [-0.3, -0.25) is 0 Å². The molecule has 1 rings (SSSR count). The minimum Gasteiger partial charge on any atom is -0.379 e. The van der Waals surface area contributed by atoms with Gasteiger partial charge in [0.25, 0.3) is 0 Å². The number of hydrogen-bond donors (Lipinski definition) is 1. The first-order chi connectivity index (χ1) is 8.38. The monoisotopic (exact) mass is 255 g/mol. The summed E-state index contributed by atoms with van der Waals surface area (Å²) in [6.45, 7) is 13.4. The molecule has 0 unspecified atom stereocenters. The standard InChI is InChI=1S/C12H25N5O/c1-10(2)9-18-7-6-17-11(14-15-16-17)8-13-12(3,4)5/h10,13H,6-9H2,1-5H3. The molecule has 104 valence electrons. The van der Waals surface area contributed by atoms with Crippen molar-refractivity contribution in [2.24, 2.45) is 5.92 Å². The Hall–Kier alpha value is -1.01. The first kappa shape index (κ1) is 15.0. The van der Waals surface area contributed by atoms with E-state index in [4.69, 9.17) is 4.74 Å². The Labute approximate surface area is 109 Å². The van der Waals surface area contributed by atoms with Gasteiger partial charge in [0, 0.05) is 12.1 Å². The third-order valence-electron chi connectivity index (χ3n) is 2.28. The van der Waals surface area contributed by atoms with Crippen LogP contribution in [0.4, 0.5) is 0 Å². The van der Waals surface area contributed by atoms with Crippen LogP contribution in [0.5, 0.6) is 0 Å². The van der Waals surface area contributed by atoms with Gasteiger partial charge in [-0.2, -0.15) is 0 Å².